The molecular weight excluding hydrogens is 497 g/mol. The molecule has 0 saturated carbocycles. The summed E-state index contributed by atoms with van der Waals surface area (Å²) in [5, 5.41) is 4.29. The van der Waals surface area contributed by atoms with Gasteiger partial charge in [-0.15, -0.1) is 0 Å². The highest BCUT2D eigenvalue weighted by atomic mass is 35.5. The van der Waals surface area contributed by atoms with Gasteiger partial charge in [0.25, 0.3) is 5.91 Å². The number of ether oxygens (including phenoxy) is 2. The molecule has 1 atom stereocenters. The van der Waals surface area contributed by atoms with E-state index in [1.54, 1.807) is 66.7 Å². The average molecular weight is 519 g/mol. The number of nitrogens with one attached hydrogen (secondary N) is 1. The maximum Gasteiger partial charge on any atom is 0.331 e. The lowest BCUT2D eigenvalue weighted by Crippen LogP contribution is -2.29. The Morgan fingerprint density at radius 3 is 2.35 bits per heavy atom. The summed E-state index contributed by atoms with van der Waals surface area (Å²) in [6, 6.07) is 17.5. The smallest absolute Gasteiger partial charge is 0.331 e. The molecule has 5 nitrogen and oxygen atoms in total. The van der Waals surface area contributed by atoms with Crippen LogP contribution in [0.25, 0.3) is 6.08 Å². The first-order valence-electron chi connectivity index (χ1n) is 10.3. The number of benzene rings is 3. The summed E-state index contributed by atoms with van der Waals surface area (Å²) in [5.41, 5.74) is 2.88. The summed E-state index contributed by atoms with van der Waals surface area (Å²) in [4.78, 5) is 24.5. The summed E-state index contributed by atoms with van der Waals surface area (Å²) in [5.74, 6) is -0.469. The summed E-state index contributed by atoms with van der Waals surface area (Å²) >= 11 is 18.3. The van der Waals surface area contributed by atoms with E-state index in [4.69, 9.17) is 44.3 Å². The average Bonchev–Trinajstić information content (AvgIpc) is 2.80. The van der Waals surface area contributed by atoms with E-state index in [0.29, 0.717) is 32.1 Å². The molecule has 0 aliphatic carbocycles. The zero-order valence-electron chi connectivity index (χ0n) is 18.5. The number of carbonyl (C=O) groups excluding carboxylic acids is 2. The molecule has 0 bridgehead atoms. The first kappa shape index (κ1) is 25.6. The molecule has 8 heteroatoms. The van der Waals surface area contributed by atoms with E-state index in [1.807, 2.05) is 6.92 Å². The Morgan fingerprint density at radius 2 is 1.68 bits per heavy atom. The summed E-state index contributed by atoms with van der Waals surface area (Å²) in [6.07, 6.45) is 1.86. The molecule has 176 valence electrons. The van der Waals surface area contributed by atoms with Gasteiger partial charge in [0.15, 0.2) is 6.10 Å². The minimum absolute atomic E-state index is 0.231. The lowest BCUT2D eigenvalue weighted by atomic mass is 10.2. The first-order chi connectivity index (χ1) is 16.2. The van der Waals surface area contributed by atoms with Gasteiger partial charge in [0.05, 0.1) is 0 Å². The molecule has 0 aliphatic rings. The van der Waals surface area contributed by atoms with Crippen molar-refractivity contribution >= 4 is 58.4 Å². The number of amides is 1. The van der Waals surface area contributed by atoms with Crippen LogP contribution in [0.2, 0.25) is 15.1 Å². The third-order valence-corrected chi connectivity index (χ3v) is 5.80. The van der Waals surface area contributed by atoms with Crippen LogP contribution in [0, 0.1) is 6.92 Å². The maximum atomic E-state index is 12.3. The molecular formula is C26H22Cl3NO4. The van der Waals surface area contributed by atoms with Gasteiger partial charge >= 0.3 is 5.97 Å². The molecule has 3 aromatic carbocycles. The predicted octanol–water partition coefficient (Wildman–Crippen LogP) is 7.12. The van der Waals surface area contributed by atoms with E-state index in [1.165, 1.54) is 13.0 Å². The number of esters is 1. The molecule has 0 fully saturated rings. The van der Waals surface area contributed by atoms with Crippen LogP contribution in [0.3, 0.4) is 0 Å². The minimum Gasteiger partial charge on any atom is -0.489 e. The molecule has 1 N–H and O–H groups in total. The second-order valence-corrected chi connectivity index (χ2v) is 8.67. The van der Waals surface area contributed by atoms with E-state index >= 15 is 0 Å². The second-order valence-electron chi connectivity index (χ2n) is 7.42. The van der Waals surface area contributed by atoms with Crippen molar-refractivity contribution in [2.45, 2.75) is 26.6 Å². The van der Waals surface area contributed by atoms with Crippen molar-refractivity contribution in [3.05, 3.63) is 98.5 Å². The SMILES string of the molecule is Cc1ccc(Cl)cc1NC(=O)C(C)OC(=O)C=Cc1ccc(OCc2c(Cl)cccc2Cl)cc1. The lowest BCUT2D eigenvalue weighted by molar-refractivity contribution is -0.148. The lowest BCUT2D eigenvalue weighted by Gasteiger charge is -2.14. The van der Waals surface area contributed by atoms with E-state index in [9.17, 15) is 9.59 Å². The van der Waals surface area contributed by atoms with Gasteiger partial charge in [0.2, 0.25) is 0 Å². The van der Waals surface area contributed by atoms with Crippen molar-refractivity contribution < 1.29 is 19.1 Å². The quantitative estimate of drug-likeness (QED) is 0.255. The topological polar surface area (TPSA) is 64.6 Å². The highest BCUT2D eigenvalue weighted by Gasteiger charge is 2.17. The van der Waals surface area contributed by atoms with Crippen LogP contribution in [0.5, 0.6) is 5.75 Å². The minimum atomic E-state index is -0.983. The van der Waals surface area contributed by atoms with Gasteiger partial charge in [-0.05, 0) is 67.4 Å². The number of hydrogen-bond donors (Lipinski definition) is 1. The highest BCUT2D eigenvalue weighted by Crippen LogP contribution is 2.26. The van der Waals surface area contributed by atoms with Crippen molar-refractivity contribution in [1.29, 1.82) is 0 Å². The third-order valence-electron chi connectivity index (χ3n) is 4.86. The number of carbonyl (C=O) groups is 2. The highest BCUT2D eigenvalue weighted by molar-refractivity contribution is 6.36. The molecule has 0 spiro atoms. The molecule has 3 rings (SSSR count). The molecule has 0 radical (unpaired) electrons. The van der Waals surface area contributed by atoms with Gasteiger partial charge in [0.1, 0.15) is 12.4 Å². The van der Waals surface area contributed by atoms with Crippen LogP contribution in [0.1, 0.15) is 23.6 Å². The Morgan fingerprint density at radius 1 is 1.00 bits per heavy atom. The molecule has 0 aromatic heterocycles. The summed E-state index contributed by atoms with van der Waals surface area (Å²) in [7, 11) is 0. The van der Waals surface area contributed by atoms with Crippen LogP contribution in [-0.2, 0) is 20.9 Å². The fraction of sp³-hybridized carbons (Fsp3) is 0.154. The zero-order chi connectivity index (χ0) is 24.7. The number of halogens is 3. The van der Waals surface area contributed by atoms with Crippen molar-refractivity contribution in [2.24, 2.45) is 0 Å². The van der Waals surface area contributed by atoms with Gasteiger partial charge in [-0.3, -0.25) is 4.79 Å². The Labute approximate surface area is 213 Å². The molecule has 3 aromatic rings. The molecule has 34 heavy (non-hydrogen) atoms. The van der Waals surface area contributed by atoms with Crippen molar-refractivity contribution in [1.82, 2.24) is 0 Å². The van der Waals surface area contributed by atoms with E-state index in [-0.39, 0.29) is 6.61 Å². The fourth-order valence-corrected chi connectivity index (χ4v) is 3.57. The largest absolute Gasteiger partial charge is 0.489 e. The predicted molar refractivity (Wildman–Crippen MR) is 137 cm³/mol. The maximum absolute atomic E-state index is 12.3. The normalized spacial score (nSPS) is 11.8. The van der Waals surface area contributed by atoms with Crippen LogP contribution < -0.4 is 10.1 Å². The molecule has 0 heterocycles. The van der Waals surface area contributed by atoms with Crippen LogP contribution in [0.4, 0.5) is 5.69 Å². The Balaban J connectivity index is 1.51. The number of rotatable bonds is 8. The monoisotopic (exact) mass is 517 g/mol. The summed E-state index contributed by atoms with van der Waals surface area (Å²) < 4.78 is 10.9. The molecule has 1 unspecified atom stereocenters. The van der Waals surface area contributed by atoms with Crippen LogP contribution >= 0.6 is 34.8 Å². The molecule has 0 aliphatic heterocycles. The van der Waals surface area contributed by atoms with E-state index in [2.05, 4.69) is 5.32 Å². The number of anilines is 1. The van der Waals surface area contributed by atoms with Crippen molar-refractivity contribution in [3.63, 3.8) is 0 Å². The Hall–Kier alpha value is -2.99. The van der Waals surface area contributed by atoms with E-state index < -0.39 is 18.0 Å². The van der Waals surface area contributed by atoms with Gasteiger partial charge in [0, 0.05) is 32.4 Å². The first-order valence-corrected chi connectivity index (χ1v) is 11.5. The summed E-state index contributed by atoms with van der Waals surface area (Å²) in [6.45, 7) is 3.57. The Kier molecular flexibility index (Phi) is 8.99. The van der Waals surface area contributed by atoms with Crippen LogP contribution in [0.15, 0.2) is 66.7 Å². The van der Waals surface area contributed by atoms with Gasteiger partial charge < -0.3 is 14.8 Å². The van der Waals surface area contributed by atoms with Crippen LogP contribution in [-0.4, -0.2) is 18.0 Å². The van der Waals surface area contributed by atoms with Gasteiger partial charge in [-0.1, -0.05) is 59.1 Å². The van der Waals surface area contributed by atoms with Crippen molar-refractivity contribution in [2.75, 3.05) is 5.32 Å². The van der Waals surface area contributed by atoms with Crippen molar-refractivity contribution in [3.8, 4) is 5.75 Å². The standard InChI is InChI=1S/C26H22Cl3NO4/c1-16-6-10-19(27)14-24(16)30-26(32)17(2)34-25(31)13-9-18-7-11-20(12-8-18)33-15-21-22(28)4-3-5-23(21)29/h3-14,17H,15H2,1-2H3,(H,30,32). The number of aryl methyl sites for hydroxylation is 1. The zero-order valence-corrected chi connectivity index (χ0v) is 20.7. The van der Waals surface area contributed by atoms with E-state index in [0.717, 1.165) is 11.1 Å². The fourth-order valence-electron chi connectivity index (χ4n) is 2.90. The molecule has 0 saturated heterocycles. The number of hydrogen-bond acceptors (Lipinski definition) is 4. The van der Waals surface area contributed by atoms with Gasteiger partial charge in [-0.25, -0.2) is 4.79 Å². The van der Waals surface area contributed by atoms with Gasteiger partial charge in [-0.2, -0.15) is 0 Å². The Bertz CT molecular complexity index is 1190. The second kappa shape index (κ2) is 11.9. The third kappa shape index (κ3) is 7.26. The molecule has 1 amide bonds.